The molecule has 4 nitrogen and oxygen atoms in total. The smallest absolute Gasteiger partial charge is 0.236 e. The summed E-state index contributed by atoms with van der Waals surface area (Å²) in [7, 11) is 0. The van der Waals surface area contributed by atoms with E-state index in [-0.39, 0.29) is 5.91 Å². The van der Waals surface area contributed by atoms with E-state index in [1.54, 1.807) is 0 Å². The Kier molecular flexibility index (Phi) is 5.56. The summed E-state index contributed by atoms with van der Waals surface area (Å²) >= 11 is 0. The fraction of sp³-hybridized carbons (Fsp3) is 0.900. The number of rotatable bonds is 4. The van der Waals surface area contributed by atoms with Crippen LogP contribution in [-0.2, 0) is 9.53 Å². The van der Waals surface area contributed by atoms with E-state index >= 15 is 0 Å². The first-order valence-electron chi connectivity index (χ1n) is 5.44. The van der Waals surface area contributed by atoms with Crippen molar-refractivity contribution in [1.82, 2.24) is 5.43 Å². The molecule has 14 heavy (non-hydrogen) atoms. The molecular formula is C10H20N2O2. The minimum atomic E-state index is -0.154. The van der Waals surface area contributed by atoms with Crippen LogP contribution in [-0.4, -0.2) is 18.6 Å². The van der Waals surface area contributed by atoms with Crippen molar-refractivity contribution in [2.24, 2.45) is 5.84 Å². The summed E-state index contributed by atoms with van der Waals surface area (Å²) in [5, 5.41) is 0. The monoisotopic (exact) mass is 200 g/mol. The van der Waals surface area contributed by atoms with Crippen molar-refractivity contribution in [1.29, 1.82) is 0 Å². The van der Waals surface area contributed by atoms with Crippen LogP contribution in [0.15, 0.2) is 0 Å². The highest BCUT2D eigenvalue weighted by Crippen LogP contribution is 2.19. The number of hydrogen-bond acceptors (Lipinski definition) is 3. The molecule has 1 amide bonds. The van der Waals surface area contributed by atoms with Gasteiger partial charge in [-0.3, -0.25) is 10.2 Å². The van der Waals surface area contributed by atoms with E-state index in [2.05, 4.69) is 5.43 Å². The summed E-state index contributed by atoms with van der Waals surface area (Å²) in [4.78, 5) is 10.8. The third kappa shape index (κ3) is 4.58. The quantitative estimate of drug-likeness (QED) is 0.309. The lowest BCUT2D eigenvalue weighted by molar-refractivity contribution is -0.122. The van der Waals surface area contributed by atoms with E-state index < -0.39 is 0 Å². The third-order valence-electron chi connectivity index (χ3n) is 2.65. The molecule has 0 aromatic carbocycles. The lowest BCUT2D eigenvalue weighted by Gasteiger charge is -2.14. The van der Waals surface area contributed by atoms with E-state index in [4.69, 9.17) is 10.6 Å². The first kappa shape index (κ1) is 11.5. The van der Waals surface area contributed by atoms with Crippen LogP contribution in [0.25, 0.3) is 0 Å². The molecule has 0 saturated heterocycles. The maximum Gasteiger partial charge on any atom is 0.236 e. The number of amides is 1. The molecule has 0 radical (unpaired) electrons. The zero-order valence-corrected chi connectivity index (χ0v) is 8.63. The molecule has 4 heteroatoms. The minimum Gasteiger partial charge on any atom is -0.378 e. The van der Waals surface area contributed by atoms with Gasteiger partial charge in [0.05, 0.1) is 19.1 Å². The van der Waals surface area contributed by atoms with Crippen LogP contribution >= 0.6 is 0 Å². The second-order valence-electron chi connectivity index (χ2n) is 3.80. The van der Waals surface area contributed by atoms with Crippen molar-refractivity contribution in [3.8, 4) is 0 Å². The Balaban J connectivity index is 2.07. The molecule has 3 N–H and O–H groups in total. The fourth-order valence-corrected chi connectivity index (χ4v) is 1.80. The Hall–Kier alpha value is -0.610. The highest BCUT2D eigenvalue weighted by Gasteiger charge is 2.12. The molecule has 1 aliphatic carbocycles. The molecule has 0 atom stereocenters. The second-order valence-corrected chi connectivity index (χ2v) is 3.80. The molecule has 82 valence electrons. The van der Waals surface area contributed by atoms with Crippen molar-refractivity contribution in [2.75, 3.05) is 6.61 Å². The van der Waals surface area contributed by atoms with Gasteiger partial charge >= 0.3 is 0 Å². The minimum absolute atomic E-state index is 0.154. The molecule has 0 unspecified atom stereocenters. The Morgan fingerprint density at radius 1 is 1.29 bits per heavy atom. The molecule has 0 aromatic rings. The van der Waals surface area contributed by atoms with Gasteiger partial charge in [0.2, 0.25) is 5.91 Å². The molecular weight excluding hydrogens is 180 g/mol. The average Bonchev–Trinajstić information content (AvgIpc) is 2.46. The van der Waals surface area contributed by atoms with E-state index in [0.29, 0.717) is 19.1 Å². The van der Waals surface area contributed by atoms with Crippen molar-refractivity contribution < 1.29 is 9.53 Å². The van der Waals surface area contributed by atoms with Gasteiger partial charge in [0.1, 0.15) is 0 Å². The van der Waals surface area contributed by atoms with Crippen LogP contribution in [0.5, 0.6) is 0 Å². The maximum atomic E-state index is 10.8. The Bertz CT molecular complexity index is 166. The van der Waals surface area contributed by atoms with Gasteiger partial charge in [-0.25, -0.2) is 5.84 Å². The van der Waals surface area contributed by atoms with Gasteiger partial charge in [0.25, 0.3) is 0 Å². The molecule has 0 bridgehead atoms. The molecule has 0 aliphatic heterocycles. The van der Waals surface area contributed by atoms with Gasteiger partial charge in [-0.15, -0.1) is 0 Å². The lowest BCUT2D eigenvalue weighted by Crippen LogP contribution is -2.31. The van der Waals surface area contributed by atoms with Gasteiger partial charge < -0.3 is 4.74 Å². The van der Waals surface area contributed by atoms with Crippen molar-refractivity contribution in [2.45, 2.75) is 51.0 Å². The number of carbonyl (C=O) groups excluding carboxylic acids is 1. The number of ether oxygens (including phenoxy) is 1. The number of hydrogen-bond donors (Lipinski definition) is 2. The van der Waals surface area contributed by atoms with Gasteiger partial charge in [0.15, 0.2) is 0 Å². The predicted octanol–water partition coefficient (Wildman–Crippen LogP) is 1.11. The maximum absolute atomic E-state index is 10.8. The summed E-state index contributed by atoms with van der Waals surface area (Å²) in [6.07, 6.45) is 8.18. The Morgan fingerprint density at radius 2 is 1.93 bits per heavy atom. The predicted molar refractivity (Wildman–Crippen MR) is 54.4 cm³/mol. The van der Waals surface area contributed by atoms with Gasteiger partial charge in [-0.2, -0.15) is 0 Å². The number of hydrazine groups is 1. The SMILES string of the molecule is NNC(=O)CCOC1CCCCCC1. The zero-order valence-electron chi connectivity index (χ0n) is 8.63. The largest absolute Gasteiger partial charge is 0.378 e. The van der Waals surface area contributed by atoms with Crippen molar-refractivity contribution in [3.63, 3.8) is 0 Å². The van der Waals surface area contributed by atoms with Gasteiger partial charge in [-0.05, 0) is 12.8 Å². The molecule has 0 heterocycles. The molecule has 1 aliphatic rings. The first-order chi connectivity index (χ1) is 6.83. The van der Waals surface area contributed by atoms with E-state index in [1.807, 2.05) is 0 Å². The molecule has 1 saturated carbocycles. The first-order valence-corrected chi connectivity index (χ1v) is 5.44. The average molecular weight is 200 g/mol. The standard InChI is InChI=1S/C10H20N2O2/c11-12-10(13)7-8-14-9-5-3-1-2-4-6-9/h9H,1-8,11H2,(H,12,13). The lowest BCUT2D eigenvalue weighted by atomic mass is 10.1. The van der Waals surface area contributed by atoms with Crippen LogP contribution in [0.4, 0.5) is 0 Å². The second kappa shape index (κ2) is 6.79. The normalized spacial score (nSPS) is 18.9. The van der Waals surface area contributed by atoms with Crippen molar-refractivity contribution >= 4 is 5.91 Å². The van der Waals surface area contributed by atoms with E-state index in [9.17, 15) is 4.79 Å². The van der Waals surface area contributed by atoms with Gasteiger partial charge in [-0.1, -0.05) is 25.7 Å². The van der Waals surface area contributed by atoms with Crippen LogP contribution < -0.4 is 11.3 Å². The molecule has 0 aromatic heterocycles. The highest BCUT2D eigenvalue weighted by atomic mass is 16.5. The summed E-state index contributed by atoms with van der Waals surface area (Å²) in [5.74, 6) is 4.81. The van der Waals surface area contributed by atoms with Crippen LogP contribution in [0.3, 0.4) is 0 Å². The third-order valence-corrected chi connectivity index (χ3v) is 2.65. The molecule has 1 rings (SSSR count). The van der Waals surface area contributed by atoms with E-state index in [0.717, 1.165) is 12.8 Å². The topological polar surface area (TPSA) is 64.3 Å². The van der Waals surface area contributed by atoms with Gasteiger partial charge in [0, 0.05) is 0 Å². The summed E-state index contributed by atoms with van der Waals surface area (Å²) in [6.45, 7) is 0.494. The Morgan fingerprint density at radius 3 is 2.50 bits per heavy atom. The summed E-state index contributed by atoms with van der Waals surface area (Å²) in [5.41, 5.74) is 2.10. The van der Waals surface area contributed by atoms with E-state index in [1.165, 1.54) is 25.7 Å². The number of carbonyl (C=O) groups is 1. The number of nitrogens with one attached hydrogen (secondary N) is 1. The molecule has 0 spiro atoms. The van der Waals surface area contributed by atoms with Crippen LogP contribution in [0, 0.1) is 0 Å². The summed E-state index contributed by atoms with van der Waals surface area (Å²) in [6, 6.07) is 0. The Labute approximate surface area is 85.2 Å². The molecule has 1 fully saturated rings. The number of nitrogens with two attached hydrogens (primary N) is 1. The van der Waals surface area contributed by atoms with Crippen LogP contribution in [0.2, 0.25) is 0 Å². The van der Waals surface area contributed by atoms with Crippen LogP contribution in [0.1, 0.15) is 44.9 Å². The fourth-order valence-electron chi connectivity index (χ4n) is 1.80. The summed E-state index contributed by atoms with van der Waals surface area (Å²) < 4.78 is 5.62. The highest BCUT2D eigenvalue weighted by molar-refractivity contribution is 5.75. The zero-order chi connectivity index (χ0) is 10.2. The van der Waals surface area contributed by atoms with Crippen molar-refractivity contribution in [3.05, 3.63) is 0 Å².